The Bertz CT molecular complexity index is 712. The number of amides is 1. The normalized spacial score (nSPS) is 13.4. The monoisotopic (exact) mass is 305 g/mol. The summed E-state index contributed by atoms with van der Waals surface area (Å²) in [5.41, 5.74) is 1.37. The number of benzene rings is 1. The van der Waals surface area contributed by atoms with Gasteiger partial charge in [0.1, 0.15) is 0 Å². The van der Waals surface area contributed by atoms with Crippen molar-refractivity contribution in [3.63, 3.8) is 0 Å². The van der Waals surface area contributed by atoms with Crippen LogP contribution in [0.2, 0.25) is 0 Å². The zero-order chi connectivity index (χ0) is 15.7. The minimum absolute atomic E-state index is 0.0994. The van der Waals surface area contributed by atoms with Crippen molar-refractivity contribution in [2.45, 2.75) is 13.0 Å². The molecule has 2 aromatic rings. The van der Waals surface area contributed by atoms with E-state index in [2.05, 4.69) is 9.79 Å². The van der Waals surface area contributed by atoms with E-state index in [0.29, 0.717) is 24.5 Å². The maximum atomic E-state index is 12.1. The van der Waals surface area contributed by atoms with Gasteiger partial charge in [-0.25, -0.2) is 0 Å². The van der Waals surface area contributed by atoms with Gasteiger partial charge in [0.15, 0.2) is 11.5 Å². The molecule has 0 fully saturated rings. The summed E-state index contributed by atoms with van der Waals surface area (Å²) < 4.78 is 14.8. The Kier molecular flexibility index (Phi) is 3.58. The SMILES string of the molecule is COc1ccc(CCN2Cc3c(no[n+]3[O-])C2=O)cc1OC. The van der Waals surface area contributed by atoms with Crippen molar-refractivity contribution in [3.05, 3.63) is 40.4 Å². The number of hydrogen-bond donors (Lipinski definition) is 0. The lowest BCUT2D eigenvalue weighted by molar-refractivity contribution is -0.808. The number of rotatable bonds is 5. The number of carbonyl (C=O) groups excluding carboxylic acids is 1. The Labute approximate surface area is 126 Å². The van der Waals surface area contributed by atoms with Gasteiger partial charge in [0.2, 0.25) is 5.69 Å². The lowest BCUT2D eigenvalue weighted by atomic mass is 10.1. The van der Waals surface area contributed by atoms with Gasteiger partial charge in [0.05, 0.1) is 25.9 Å². The van der Waals surface area contributed by atoms with Gasteiger partial charge in [-0.15, -0.1) is 0 Å². The highest BCUT2D eigenvalue weighted by Crippen LogP contribution is 2.28. The predicted octanol–water partition coefficient (Wildman–Crippen LogP) is 0.524. The summed E-state index contributed by atoms with van der Waals surface area (Å²) in [6, 6.07) is 5.60. The van der Waals surface area contributed by atoms with Crippen LogP contribution in [0.4, 0.5) is 0 Å². The molecule has 0 aliphatic carbocycles. The lowest BCUT2D eigenvalue weighted by Crippen LogP contribution is -2.32. The van der Waals surface area contributed by atoms with Gasteiger partial charge in [-0.2, -0.15) is 0 Å². The zero-order valence-electron chi connectivity index (χ0n) is 12.2. The predicted molar refractivity (Wildman–Crippen MR) is 73.5 cm³/mol. The first-order chi connectivity index (χ1) is 10.6. The van der Waals surface area contributed by atoms with E-state index in [-0.39, 0.29) is 28.7 Å². The smallest absolute Gasteiger partial charge is 0.310 e. The topological polar surface area (TPSA) is 91.7 Å². The molecule has 2 heterocycles. The maximum Gasteiger partial charge on any atom is 0.310 e. The van der Waals surface area contributed by atoms with Crippen LogP contribution < -0.4 is 14.4 Å². The van der Waals surface area contributed by atoms with E-state index >= 15 is 0 Å². The van der Waals surface area contributed by atoms with Gasteiger partial charge in [-0.1, -0.05) is 6.07 Å². The van der Waals surface area contributed by atoms with Crippen LogP contribution in [0.3, 0.4) is 0 Å². The first kappa shape index (κ1) is 14.2. The number of nitrogens with zero attached hydrogens (tertiary/aromatic N) is 3. The highest BCUT2D eigenvalue weighted by molar-refractivity contribution is 5.95. The van der Waals surface area contributed by atoms with Gasteiger partial charge < -0.3 is 19.6 Å². The van der Waals surface area contributed by atoms with Crippen molar-refractivity contribution in [2.24, 2.45) is 0 Å². The summed E-state index contributed by atoms with van der Waals surface area (Å²) >= 11 is 0. The van der Waals surface area contributed by atoms with E-state index in [9.17, 15) is 10.0 Å². The molecule has 1 aromatic heterocycles. The summed E-state index contributed by atoms with van der Waals surface area (Å²) in [5.74, 6) is 1.01. The van der Waals surface area contributed by atoms with E-state index < -0.39 is 0 Å². The van der Waals surface area contributed by atoms with Gasteiger partial charge in [0.25, 0.3) is 0 Å². The summed E-state index contributed by atoms with van der Waals surface area (Å²) in [4.78, 5) is 13.9. The van der Waals surface area contributed by atoms with Crippen LogP contribution in [0.15, 0.2) is 22.8 Å². The van der Waals surface area contributed by atoms with Crippen LogP contribution >= 0.6 is 0 Å². The van der Waals surface area contributed by atoms with Crippen LogP contribution in [0, 0.1) is 5.21 Å². The van der Waals surface area contributed by atoms with E-state index in [4.69, 9.17) is 9.47 Å². The maximum absolute atomic E-state index is 12.1. The molecule has 116 valence electrons. The standard InChI is InChI=1S/C14H15N3O5/c1-20-11-4-3-9(7-12(11)21-2)5-6-16-8-10-13(14(16)18)15-22-17(10)19/h3-4,7H,5-6,8H2,1-2H3. The van der Waals surface area contributed by atoms with Crippen LogP contribution in [0.1, 0.15) is 21.7 Å². The van der Waals surface area contributed by atoms with Gasteiger partial charge in [-0.05, 0) is 29.0 Å². The summed E-state index contributed by atoms with van der Waals surface area (Å²) in [6.45, 7) is 0.694. The number of fused-ring (bicyclic) bond motifs is 1. The molecule has 22 heavy (non-hydrogen) atoms. The fraction of sp³-hybridized carbons (Fsp3) is 0.357. The van der Waals surface area contributed by atoms with Crippen LogP contribution in [0.25, 0.3) is 0 Å². The van der Waals surface area contributed by atoms with Gasteiger partial charge in [0, 0.05) is 6.54 Å². The van der Waals surface area contributed by atoms with Crippen molar-refractivity contribution in [1.82, 2.24) is 10.1 Å². The quantitative estimate of drug-likeness (QED) is 0.748. The molecule has 0 unspecified atom stereocenters. The first-order valence-corrected chi connectivity index (χ1v) is 6.73. The molecule has 1 aliphatic heterocycles. The van der Waals surface area contributed by atoms with Gasteiger partial charge >= 0.3 is 11.6 Å². The largest absolute Gasteiger partial charge is 0.493 e. The number of carbonyl (C=O) groups is 1. The molecule has 0 bridgehead atoms. The number of hydrogen-bond acceptors (Lipinski definition) is 6. The van der Waals surface area contributed by atoms with Crippen molar-refractivity contribution in [3.8, 4) is 11.5 Å². The highest BCUT2D eigenvalue weighted by atomic mass is 16.8. The molecule has 0 saturated heterocycles. The Morgan fingerprint density at radius 3 is 2.82 bits per heavy atom. The second-order valence-corrected chi connectivity index (χ2v) is 4.89. The van der Waals surface area contributed by atoms with Crippen molar-refractivity contribution < 1.29 is 23.8 Å². The minimum atomic E-state index is -0.283. The van der Waals surface area contributed by atoms with Crippen LogP contribution in [0.5, 0.6) is 11.5 Å². The van der Waals surface area contributed by atoms with Crippen LogP contribution in [-0.4, -0.2) is 36.7 Å². The number of methoxy groups -OCH3 is 2. The molecule has 8 nitrogen and oxygen atoms in total. The van der Waals surface area contributed by atoms with Crippen molar-refractivity contribution in [1.29, 1.82) is 0 Å². The Morgan fingerprint density at radius 2 is 2.14 bits per heavy atom. The molecule has 1 aliphatic rings. The van der Waals surface area contributed by atoms with E-state index in [1.807, 2.05) is 18.2 Å². The molecule has 3 rings (SSSR count). The molecule has 8 heteroatoms. The third-order valence-electron chi connectivity index (χ3n) is 3.65. The zero-order valence-corrected chi connectivity index (χ0v) is 12.2. The van der Waals surface area contributed by atoms with Crippen molar-refractivity contribution >= 4 is 5.91 Å². The van der Waals surface area contributed by atoms with E-state index in [0.717, 1.165) is 5.56 Å². The number of ether oxygens (including phenoxy) is 2. The molecule has 0 saturated carbocycles. The van der Waals surface area contributed by atoms with Crippen LogP contribution in [-0.2, 0) is 13.0 Å². The molecule has 1 aromatic carbocycles. The molecule has 0 atom stereocenters. The molecule has 1 amide bonds. The number of aromatic nitrogens is 2. The molecule has 0 spiro atoms. The minimum Gasteiger partial charge on any atom is -0.493 e. The molecule has 0 N–H and O–H groups in total. The second-order valence-electron chi connectivity index (χ2n) is 4.89. The molecular weight excluding hydrogens is 290 g/mol. The van der Waals surface area contributed by atoms with Crippen molar-refractivity contribution in [2.75, 3.05) is 20.8 Å². The third-order valence-corrected chi connectivity index (χ3v) is 3.65. The summed E-state index contributed by atoms with van der Waals surface area (Å²) in [7, 11) is 3.15. The Morgan fingerprint density at radius 1 is 1.36 bits per heavy atom. The third kappa shape index (κ3) is 2.32. The molecular formula is C14H15N3O5. The van der Waals surface area contributed by atoms with Gasteiger partial charge in [-0.3, -0.25) is 9.42 Å². The molecule has 0 radical (unpaired) electrons. The average Bonchev–Trinajstić information content (AvgIpc) is 3.06. The summed E-state index contributed by atoms with van der Waals surface area (Å²) in [6.07, 6.45) is 0.631. The fourth-order valence-electron chi connectivity index (χ4n) is 2.44. The van der Waals surface area contributed by atoms with E-state index in [1.54, 1.807) is 19.1 Å². The first-order valence-electron chi connectivity index (χ1n) is 6.73. The summed E-state index contributed by atoms with van der Waals surface area (Å²) in [5, 5.41) is 14.8. The second kappa shape index (κ2) is 5.55. The average molecular weight is 305 g/mol. The lowest BCUT2D eigenvalue weighted by Gasteiger charge is -2.15. The Balaban J connectivity index is 1.68. The fourth-order valence-corrected chi connectivity index (χ4v) is 2.44. The van der Waals surface area contributed by atoms with E-state index in [1.165, 1.54) is 0 Å². The Hall–Kier alpha value is -2.77. The highest BCUT2D eigenvalue weighted by Gasteiger charge is 2.38.